The molecule has 0 saturated heterocycles. The summed E-state index contributed by atoms with van der Waals surface area (Å²) in [5, 5.41) is 3.54. The summed E-state index contributed by atoms with van der Waals surface area (Å²) in [6.45, 7) is 9.35. The fourth-order valence-corrected chi connectivity index (χ4v) is 4.15. The van der Waals surface area contributed by atoms with Gasteiger partial charge in [0, 0.05) is 6.04 Å². The minimum absolute atomic E-state index is 0.341. The van der Waals surface area contributed by atoms with Crippen molar-refractivity contribution < 1.29 is 0 Å². The first-order chi connectivity index (χ1) is 9.22. The van der Waals surface area contributed by atoms with E-state index in [2.05, 4.69) is 64.3 Å². The van der Waals surface area contributed by atoms with Crippen LogP contribution in [0.15, 0.2) is 10.8 Å². The lowest BCUT2D eigenvalue weighted by Gasteiger charge is -2.45. The number of aromatic nitrogens is 2. The van der Waals surface area contributed by atoms with Crippen molar-refractivity contribution in [1.82, 2.24) is 9.97 Å². The van der Waals surface area contributed by atoms with Crippen LogP contribution in [0.2, 0.25) is 0 Å². The molecule has 0 radical (unpaired) electrons. The van der Waals surface area contributed by atoms with Gasteiger partial charge in [0.05, 0.1) is 0 Å². The van der Waals surface area contributed by atoms with Gasteiger partial charge in [0.15, 0.2) is 5.82 Å². The first-order valence-corrected chi connectivity index (χ1v) is 7.75. The van der Waals surface area contributed by atoms with Gasteiger partial charge in [-0.15, -0.1) is 0 Å². The monoisotopic (exact) mass is 341 g/mol. The second kappa shape index (κ2) is 5.48. The molecule has 6 heteroatoms. The molecule has 4 N–H and O–H groups in total. The van der Waals surface area contributed by atoms with E-state index in [0.717, 1.165) is 23.1 Å². The summed E-state index contributed by atoms with van der Waals surface area (Å²) < 4.78 is 0.781. The third kappa shape index (κ3) is 3.61. The van der Waals surface area contributed by atoms with Gasteiger partial charge in [-0.05, 0) is 46.0 Å². The van der Waals surface area contributed by atoms with Crippen LogP contribution >= 0.6 is 15.9 Å². The molecule has 0 atom stereocenters. The second-order valence-corrected chi connectivity index (χ2v) is 8.08. The number of anilines is 2. The van der Waals surface area contributed by atoms with E-state index in [9.17, 15) is 0 Å². The Hall–Kier alpha value is -0.880. The van der Waals surface area contributed by atoms with Gasteiger partial charge in [-0.1, -0.05) is 27.7 Å². The highest BCUT2D eigenvalue weighted by Crippen LogP contribution is 2.46. The minimum Gasteiger partial charge on any atom is -0.366 e. The summed E-state index contributed by atoms with van der Waals surface area (Å²) >= 11 is 3.50. The van der Waals surface area contributed by atoms with E-state index in [1.807, 2.05) is 0 Å². The van der Waals surface area contributed by atoms with Gasteiger partial charge in [0.25, 0.3) is 0 Å². The molecule has 0 bridgehead atoms. The number of hydrogen-bond donors (Lipinski definition) is 3. The Morgan fingerprint density at radius 3 is 2.25 bits per heavy atom. The van der Waals surface area contributed by atoms with E-state index in [4.69, 9.17) is 5.84 Å². The lowest BCUT2D eigenvalue weighted by molar-refractivity contribution is 0.105. The number of halogens is 1. The Balaban J connectivity index is 2.17. The van der Waals surface area contributed by atoms with Crippen LogP contribution in [0.25, 0.3) is 0 Å². The van der Waals surface area contributed by atoms with Gasteiger partial charge in [-0.2, -0.15) is 0 Å². The molecule has 1 aromatic rings. The third-order valence-corrected chi connectivity index (χ3v) is 4.57. The maximum absolute atomic E-state index is 5.44. The number of rotatable bonds is 3. The summed E-state index contributed by atoms with van der Waals surface area (Å²) in [5.74, 6) is 6.83. The van der Waals surface area contributed by atoms with E-state index >= 15 is 0 Å². The van der Waals surface area contributed by atoms with Gasteiger partial charge in [-0.25, -0.2) is 15.8 Å². The molecule has 0 unspecified atom stereocenters. The number of nitrogens with one attached hydrogen (secondary N) is 2. The molecule has 1 aliphatic carbocycles. The predicted molar refractivity (Wildman–Crippen MR) is 86.4 cm³/mol. The molecule has 112 valence electrons. The highest BCUT2D eigenvalue weighted by molar-refractivity contribution is 9.10. The molecule has 20 heavy (non-hydrogen) atoms. The van der Waals surface area contributed by atoms with Crippen LogP contribution in [-0.4, -0.2) is 16.0 Å². The fourth-order valence-electron chi connectivity index (χ4n) is 3.71. The van der Waals surface area contributed by atoms with Crippen molar-refractivity contribution in [3.05, 3.63) is 10.8 Å². The van der Waals surface area contributed by atoms with Crippen LogP contribution < -0.4 is 16.6 Å². The number of nitrogens with zero attached hydrogens (tertiary/aromatic N) is 2. The smallest absolute Gasteiger partial charge is 0.159 e. The zero-order valence-electron chi connectivity index (χ0n) is 12.6. The summed E-state index contributed by atoms with van der Waals surface area (Å²) in [4.78, 5) is 8.39. The lowest BCUT2D eigenvalue weighted by Crippen LogP contribution is -2.40. The molecule has 1 saturated carbocycles. The number of hydrogen-bond acceptors (Lipinski definition) is 5. The Morgan fingerprint density at radius 1 is 1.15 bits per heavy atom. The van der Waals surface area contributed by atoms with E-state index in [0.29, 0.717) is 22.7 Å². The SMILES string of the molecule is CC1(C)CC(Nc2ncnc(NN)c2Br)CC(C)(C)C1. The fraction of sp³-hybridized carbons (Fsp3) is 0.714. The predicted octanol–water partition coefficient (Wildman–Crippen LogP) is 3.54. The Bertz CT molecular complexity index is 470. The van der Waals surface area contributed by atoms with Crippen LogP contribution in [0.5, 0.6) is 0 Å². The standard InChI is InChI=1S/C14H24BrN5/c1-13(2)5-9(6-14(3,4)7-13)19-11-10(15)12(20-16)18-8-17-11/h8-9H,5-7,16H2,1-4H3,(H2,17,18,19,20). The Morgan fingerprint density at radius 2 is 1.70 bits per heavy atom. The number of nitrogens with two attached hydrogens (primary N) is 1. The molecule has 0 amide bonds. The average Bonchev–Trinajstić information content (AvgIpc) is 2.27. The molecule has 1 heterocycles. The molecule has 1 aromatic heterocycles. The molecule has 0 aliphatic heterocycles. The summed E-state index contributed by atoms with van der Waals surface area (Å²) in [6.07, 6.45) is 5.04. The van der Waals surface area contributed by atoms with E-state index < -0.39 is 0 Å². The minimum atomic E-state index is 0.341. The van der Waals surface area contributed by atoms with Gasteiger partial charge < -0.3 is 10.7 Å². The Kier molecular flexibility index (Phi) is 4.25. The molecule has 2 rings (SSSR count). The van der Waals surface area contributed by atoms with Crippen molar-refractivity contribution in [3.63, 3.8) is 0 Å². The van der Waals surface area contributed by atoms with Crippen LogP contribution in [0.3, 0.4) is 0 Å². The van der Waals surface area contributed by atoms with Crippen molar-refractivity contribution in [2.45, 2.75) is 53.0 Å². The van der Waals surface area contributed by atoms with E-state index in [1.165, 1.54) is 12.7 Å². The van der Waals surface area contributed by atoms with Crippen molar-refractivity contribution in [3.8, 4) is 0 Å². The molecular formula is C14H24BrN5. The quantitative estimate of drug-likeness (QED) is 0.579. The first-order valence-electron chi connectivity index (χ1n) is 6.96. The average molecular weight is 342 g/mol. The highest BCUT2D eigenvalue weighted by atomic mass is 79.9. The van der Waals surface area contributed by atoms with Crippen LogP contribution in [0, 0.1) is 10.8 Å². The van der Waals surface area contributed by atoms with Gasteiger partial charge in [-0.3, -0.25) is 0 Å². The molecule has 0 spiro atoms. The zero-order chi connectivity index (χ0) is 15.0. The van der Waals surface area contributed by atoms with Crippen LogP contribution in [0.1, 0.15) is 47.0 Å². The number of hydrazine groups is 1. The molecule has 0 aromatic carbocycles. The van der Waals surface area contributed by atoms with Crippen molar-refractivity contribution in [2.24, 2.45) is 16.7 Å². The summed E-state index contributed by atoms with van der Waals surface area (Å²) in [5.41, 5.74) is 3.25. The molecule has 1 aliphatic rings. The van der Waals surface area contributed by atoms with Gasteiger partial charge in [0.1, 0.15) is 16.6 Å². The maximum atomic E-state index is 5.44. The third-order valence-electron chi connectivity index (χ3n) is 3.82. The van der Waals surface area contributed by atoms with Crippen LogP contribution in [-0.2, 0) is 0 Å². The van der Waals surface area contributed by atoms with Crippen molar-refractivity contribution in [2.75, 3.05) is 10.7 Å². The topological polar surface area (TPSA) is 75.9 Å². The molecule has 5 nitrogen and oxygen atoms in total. The van der Waals surface area contributed by atoms with Gasteiger partial charge in [0.2, 0.25) is 0 Å². The normalized spacial score (nSPS) is 21.5. The van der Waals surface area contributed by atoms with Gasteiger partial charge >= 0.3 is 0 Å². The Labute approximate surface area is 129 Å². The molecule has 1 fully saturated rings. The second-order valence-electron chi connectivity index (χ2n) is 7.28. The van der Waals surface area contributed by atoms with E-state index in [-0.39, 0.29) is 0 Å². The highest BCUT2D eigenvalue weighted by Gasteiger charge is 2.38. The molecular weight excluding hydrogens is 318 g/mol. The lowest BCUT2D eigenvalue weighted by atomic mass is 9.63. The van der Waals surface area contributed by atoms with Crippen molar-refractivity contribution in [1.29, 1.82) is 0 Å². The largest absolute Gasteiger partial charge is 0.366 e. The maximum Gasteiger partial charge on any atom is 0.159 e. The van der Waals surface area contributed by atoms with Crippen molar-refractivity contribution >= 4 is 27.6 Å². The first kappa shape index (κ1) is 15.5. The zero-order valence-corrected chi connectivity index (χ0v) is 14.2. The summed E-state index contributed by atoms with van der Waals surface area (Å²) in [6, 6.07) is 0.408. The number of nitrogen functional groups attached to an aromatic ring is 1. The summed E-state index contributed by atoms with van der Waals surface area (Å²) in [7, 11) is 0. The van der Waals surface area contributed by atoms with E-state index in [1.54, 1.807) is 0 Å². The van der Waals surface area contributed by atoms with Crippen LogP contribution in [0.4, 0.5) is 11.6 Å².